The quantitative estimate of drug-likeness (QED) is 0.483. The van der Waals surface area contributed by atoms with Gasteiger partial charge in [0.05, 0.1) is 10.6 Å². The number of carbonyl (C=O) groups excluding carboxylic acids is 1. The molecule has 0 bridgehead atoms. The Bertz CT molecular complexity index is 734. The average molecular weight is 400 g/mol. The molecule has 1 amide bonds. The van der Waals surface area contributed by atoms with Gasteiger partial charge in [0, 0.05) is 21.3 Å². The topological polar surface area (TPSA) is 72.2 Å². The molecule has 0 unspecified atom stereocenters. The van der Waals surface area contributed by atoms with Gasteiger partial charge >= 0.3 is 0 Å². The number of halogens is 2. The Morgan fingerprint density at radius 1 is 1.29 bits per heavy atom. The van der Waals surface area contributed by atoms with Gasteiger partial charge in [-0.05, 0) is 59.3 Å². The first-order valence-electron chi connectivity index (χ1n) is 5.90. The van der Waals surface area contributed by atoms with Crippen molar-refractivity contribution in [3.05, 3.63) is 67.0 Å². The maximum Gasteiger partial charge on any atom is 0.269 e. The van der Waals surface area contributed by atoms with Gasteiger partial charge in [-0.25, -0.2) is 4.39 Å². The number of nitrogens with one attached hydrogen (secondary N) is 1. The van der Waals surface area contributed by atoms with Crippen LogP contribution in [-0.4, -0.2) is 10.8 Å². The van der Waals surface area contributed by atoms with E-state index in [-0.39, 0.29) is 11.5 Å². The summed E-state index contributed by atoms with van der Waals surface area (Å²) in [5.74, 6) is -0.782. The maximum atomic E-state index is 13.0. The minimum Gasteiger partial charge on any atom is -0.321 e. The van der Waals surface area contributed by atoms with Crippen molar-refractivity contribution >= 4 is 39.9 Å². The maximum absolute atomic E-state index is 13.0. The van der Waals surface area contributed by atoms with Gasteiger partial charge in [0.2, 0.25) is 0 Å². The highest BCUT2D eigenvalue weighted by Crippen LogP contribution is 2.22. The van der Waals surface area contributed by atoms with Crippen LogP contribution in [0.15, 0.2) is 36.4 Å². The van der Waals surface area contributed by atoms with Crippen molar-refractivity contribution in [1.29, 1.82) is 0 Å². The Labute approximate surface area is 133 Å². The number of nitro groups is 1. The molecular weight excluding hydrogens is 390 g/mol. The second kappa shape index (κ2) is 6.17. The molecule has 0 heterocycles. The Morgan fingerprint density at radius 2 is 2.00 bits per heavy atom. The Kier molecular flexibility index (Phi) is 4.51. The van der Waals surface area contributed by atoms with Crippen LogP contribution in [0.5, 0.6) is 0 Å². The van der Waals surface area contributed by atoms with Crippen LogP contribution >= 0.6 is 22.6 Å². The summed E-state index contributed by atoms with van der Waals surface area (Å²) in [5, 5.41) is 13.3. The first kappa shape index (κ1) is 15.4. The van der Waals surface area contributed by atoms with Crippen molar-refractivity contribution in [3.63, 3.8) is 0 Å². The summed E-state index contributed by atoms with van der Waals surface area (Å²) >= 11 is 1.92. The van der Waals surface area contributed by atoms with Gasteiger partial charge < -0.3 is 5.32 Å². The first-order valence-corrected chi connectivity index (χ1v) is 6.98. The molecule has 2 rings (SSSR count). The van der Waals surface area contributed by atoms with E-state index in [4.69, 9.17) is 0 Å². The lowest BCUT2D eigenvalue weighted by atomic mass is 10.1. The predicted molar refractivity (Wildman–Crippen MR) is 84.9 cm³/mol. The first-order chi connectivity index (χ1) is 9.88. The van der Waals surface area contributed by atoms with E-state index in [2.05, 4.69) is 5.32 Å². The van der Waals surface area contributed by atoms with Crippen LogP contribution in [0.4, 0.5) is 15.8 Å². The van der Waals surface area contributed by atoms with E-state index in [1.165, 1.54) is 36.4 Å². The van der Waals surface area contributed by atoms with Gasteiger partial charge in [0.25, 0.3) is 11.6 Å². The van der Waals surface area contributed by atoms with Crippen LogP contribution in [0.25, 0.3) is 0 Å². The van der Waals surface area contributed by atoms with E-state index in [1.54, 1.807) is 6.92 Å². The Balaban J connectivity index is 2.26. The Morgan fingerprint density at radius 3 is 2.57 bits per heavy atom. The highest BCUT2D eigenvalue weighted by atomic mass is 127. The molecule has 0 aliphatic carbocycles. The minimum absolute atomic E-state index is 0.0691. The number of nitro benzene ring substituents is 1. The fourth-order valence-electron chi connectivity index (χ4n) is 1.80. The highest BCUT2D eigenvalue weighted by molar-refractivity contribution is 14.1. The number of hydrogen-bond donors (Lipinski definition) is 1. The zero-order chi connectivity index (χ0) is 15.6. The molecule has 2 aromatic rings. The van der Waals surface area contributed by atoms with Gasteiger partial charge in [-0.15, -0.1) is 0 Å². The van der Waals surface area contributed by atoms with Gasteiger partial charge in [-0.3, -0.25) is 14.9 Å². The molecule has 21 heavy (non-hydrogen) atoms. The molecule has 5 nitrogen and oxygen atoms in total. The third-order valence-electron chi connectivity index (χ3n) is 2.84. The zero-order valence-corrected chi connectivity index (χ0v) is 13.0. The second-order valence-electron chi connectivity index (χ2n) is 4.33. The molecule has 108 valence electrons. The summed E-state index contributed by atoms with van der Waals surface area (Å²) in [6.07, 6.45) is 0. The van der Waals surface area contributed by atoms with Crippen LogP contribution in [0.3, 0.4) is 0 Å². The van der Waals surface area contributed by atoms with Crippen LogP contribution in [0.2, 0.25) is 0 Å². The fourth-order valence-corrected chi connectivity index (χ4v) is 2.41. The molecule has 0 atom stereocenters. The molecule has 0 radical (unpaired) electrons. The third kappa shape index (κ3) is 3.54. The lowest BCUT2D eigenvalue weighted by Crippen LogP contribution is -2.14. The summed E-state index contributed by atoms with van der Waals surface area (Å²) in [6, 6.07) is 8.04. The second-order valence-corrected chi connectivity index (χ2v) is 5.50. The standard InChI is InChI=1S/C14H10FIN2O3/c1-8-6-10(18(20)21)3-4-11(8)14(19)17-13-5-2-9(15)7-12(13)16/h2-7H,1H3,(H,17,19). The minimum atomic E-state index is -0.516. The van der Waals surface area contributed by atoms with E-state index in [1.807, 2.05) is 22.6 Å². The van der Waals surface area contributed by atoms with Crippen LogP contribution < -0.4 is 5.32 Å². The Hall–Kier alpha value is -2.03. The number of carbonyl (C=O) groups is 1. The summed E-state index contributed by atoms with van der Waals surface area (Å²) < 4.78 is 13.6. The molecule has 0 aliphatic rings. The third-order valence-corrected chi connectivity index (χ3v) is 3.74. The monoisotopic (exact) mass is 400 g/mol. The van der Waals surface area contributed by atoms with E-state index >= 15 is 0 Å². The summed E-state index contributed by atoms with van der Waals surface area (Å²) in [7, 11) is 0. The van der Waals surface area contributed by atoms with Gasteiger partial charge in [0.15, 0.2) is 0 Å². The number of benzene rings is 2. The van der Waals surface area contributed by atoms with Gasteiger partial charge in [-0.1, -0.05) is 0 Å². The number of anilines is 1. The number of rotatable bonds is 3. The number of amides is 1. The smallest absolute Gasteiger partial charge is 0.269 e. The van der Waals surface area contributed by atoms with Crippen LogP contribution in [-0.2, 0) is 0 Å². The van der Waals surface area contributed by atoms with E-state index in [9.17, 15) is 19.3 Å². The molecule has 0 spiro atoms. The molecule has 0 saturated heterocycles. The number of aryl methyl sites for hydroxylation is 1. The molecule has 0 aromatic heterocycles. The lowest BCUT2D eigenvalue weighted by Gasteiger charge is -2.09. The predicted octanol–water partition coefficient (Wildman–Crippen LogP) is 3.90. The zero-order valence-electron chi connectivity index (χ0n) is 10.9. The van der Waals surface area contributed by atoms with Gasteiger partial charge in [0.1, 0.15) is 5.82 Å². The summed E-state index contributed by atoms with van der Waals surface area (Å²) in [5.41, 5.74) is 1.25. The van der Waals surface area contributed by atoms with E-state index in [0.29, 0.717) is 20.4 Å². The molecule has 1 N–H and O–H groups in total. The van der Waals surface area contributed by atoms with E-state index < -0.39 is 10.8 Å². The molecule has 7 heteroatoms. The fraction of sp³-hybridized carbons (Fsp3) is 0.0714. The molecule has 0 saturated carbocycles. The average Bonchev–Trinajstić information content (AvgIpc) is 2.41. The SMILES string of the molecule is Cc1cc([N+](=O)[O-])ccc1C(=O)Nc1ccc(F)cc1I. The summed E-state index contributed by atoms with van der Waals surface area (Å²) in [6.45, 7) is 1.62. The van der Waals surface area contributed by atoms with E-state index in [0.717, 1.165) is 0 Å². The normalized spacial score (nSPS) is 10.2. The number of nitrogens with zero attached hydrogens (tertiary/aromatic N) is 1. The summed E-state index contributed by atoms with van der Waals surface area (Å²) in [4.78, 5) is 22.3. The number of hydrogen-bond acceptors (Lipinski definition) is 3. The van der Waals surface area contributed by atoms with Crippen LogP contribution in [0, 0.1) is 26.4 Å². The van der Waals surface area contributed by atoms with Crippen molar-refractivity contribution in [3.8, 4) is 0 Å². The largest absolute Gasteiger partial charge is 0.321 e. The van der Waals surface area contributed by atoms with Crippen LogP contribution in [0.1, 0.15) is 15.9 Å². The van der Waals surface area contributed by atoms with Crippen molar-refractivity contribution in [2.75, 3.05) is 5.32 Å². The molecular formula is C14H10FIN2O3. The van der Waals surface area contributed by atoms with Crippen molar-refractivity contribution in [2.45, 2.75) is 6.92 Å². The molecule has 0 fully saturated rings. The van der Waals surface area contributed by atoms with Crippen molar-refractivity contribution < 1.29 is 14.1 Å². The number of non-ortho nitro benzene ring substituents is 1. The van der Waals surface area contributed by atoms with Crippen molar-refractivity contribution in [2.24, 2.45) is 0 Å². The molecule has 0 aliphatic heterocycles. The van der Waals surface area contributed by atoms with Gasteiger partial charge in [-0.2, -0.15) is 0 Å². The van der Waals surface area contributed by atoms with Crippen molar-refractivity contribution in [1.82, 2.24) is 0 Å². The lowest BCUT2D eigenvalue weighted by molar-refractivity contribution is -0.384. The molecule has 2 aromatic carbocycles. The highest BCUT2D eigenvalue weighted by Gasteiger charge is 2.14.